The van der Waals surface area contributed by atoms with E-state index in [-0.39, 0.29) is 0 Å². The summed E-state index contributed by atoms with van der Waals surface area (Å²) in [6.45, 7) is 13.0. The highest BCUT2D eigenvalue weighted by atomic mass is 14.3. The highest BCUT2D eigenvalue weighted by Gasteiger charge is 2.39. The van der Waals surface area contributed by atoms with E-state index in [1.807, 2.05) is 6.08 Å². The Morgan fingerprint density at radius 2 is 2.08 bits per heavy atom. The number of allylic oxidation sites excluding steroid dienone is 16. The fourth-order valence-corrected chi connectivity index (χ4v) is 4.99. The van der Waals surface area contributed by atoms with Gasteiger partial charge < -0.3 is 0 Å². The normalized spacial score (nSPS) is 22.2. The third-order valence-electron chi connectivity index (χ3n) is 6.11. The molecule has 4 rings (SSSR count). The fourth-order valence-electron chi connectivity index (χ4n) is 4.99. The van der Waals surface area contributed by atoms with E-state index in [2.05, 4.69) is 63.5 Å². The van der Waals surface area contributed by atoms with Crippen molar-refractivity contribution < 1.29 is 0 Å². The van der Waals surface area contributed by atoms with Gasteiger partial charge in [-0.15, -0.1) is 0 Å². The molecule has 130 valence electrons. The van der Waals surface area contributed by atoms with Crippen LogP contribution in [0.4, 0.5) is 0 Å². The molecule has 26 heavy (non-hydrogen) atoms. The minimum atomic E-state index is 0.412. The number of hydrogen-bond donors (Lipinski definition) is 0. The molecule has 0 fully saturated rings. The van der Waals surface area contributed by atoms with Gasteiger partial charge in [0.15, 0.2) is 0 Å². The van der Waals surface area contributed by atoms with Gasteiger partial charge in [0, 0.05) is 0 Å². The first-order valence-electron chi connectivity index (χ1n) is 9.80. The zero-order chi connectivity index (χ0) is 18.3. The van der Waals surface area contributed by atoms with Gasteiger partial charge in [-0.3, -0.25) is 0 Å². The Kier molecular flexibility index (Phi) is 4.48. The molecule has 0 aromatic heterocycles. The molecule has 0 nitrogen and oxygen atoms in total. The van der Waals surface area contributed by atoms with Crippen LogP contribution in [-0.2, 0) is 0 Å². The lowest BCUT2D eigenvalue weighted by Crippen LogP contribution is -2.34. The summed E-state index contributed by atoms with van der Waals surface area (Å²) in [5, 5.41) is 0. The van der Waals surface area contributed by atoms with Crippen LogP contribution >= 0.6 is 0 Å². The minimum absolute atomic E-state index is 0.412. The number of hydrogen-bond acceptors (Lipinski definition) is 0. The molecule has 1 heteroatoms. The monoisotopic (exact) mass is 338 g/mol. The Hall–Kier alpha value is -2.28. The maximum atomic E-state index is 4.31. The average Bonchev–Trinajstić information content (AvgIpc) is 2.65. The van der Waals surface area contributed by atoms with E-state index >= 15 is 0 Å². The van der Waals surface area contributed by atoms with Gasteiger partial charge in [0.1, 0.15) is 0 Å². The van der Waals surface area contributed by atoms with Crippen molar-refractivity contribution in [3.63, 3.8) is 0 Å². The molecular formula is C25H27B. The lowest BCUT2D eigenvalue weighted by molar-refractivity contribution is 0.927. The summed E-state index contributed by atoms with van der Waals surface area (Å²) in [4.78, 5) is 0. The Morgan fingerprint density at radius 1 is 1.23 bits per heavy atom. The van der Waals surface area contributed by atoms with Crippen molar-refractivity contribution in [3.8, 4) is 0 Å². The molecule has 0 radical (unpaired) electrons. The van der Waals surface area contributed by atoms with Crippen LogP contribution in [0.25, 0.3) is 0 Å². The van der Waals surface area contributed by atoms with Gasteiger partial charge in [-0.05, 0) is 68.2 Å². The third kappa shape index (κ3) is 2.71. The Labute approximate surface area is 158 Å². The molecule has 0 spiro atoms. The molecule has 0 aromatic rings. The minimum Gasteiger partial charge on any atom is -0.0991 e. The maximum Gasteiger partial charge on any atom is 0.238 e. The Morgan fingerprint density at radius 3 is 2.85 bits per heavy atom. The lowest BCUT2D eigenvalue weighted by atomic mass is 9.28. The topological polar surface area (TPSA) is 0 Å². The van der Waals surface area contributed by atoms with Crippen molar-refractivity contribution in [2.45, 2.75) is 46.0 Å². The van der Waals surface area contributed by atoms with Crippen LogP contribution in [0.3, 0.4) is 0 Å². The molecule has 0 aromatic carbocycles. The van der Waals surface area contributed by atoms with Crippen LogP contribution in [0.2, 0.25) is 0 Å². The molecule has 0 unspecified atom stereocenters. The van der Waals surface area contributed by atoms with Crippen LogP contribution in [0.15, 0.2) is 106 Å². The molecule has 0 saturated carbocycles. The number of fused-ring (bicyclic) bond motifs is 3. The molecule has 0 atom stereocenters. The summed E-state index contributed by atoms with van der Waals surface area (Å²) < 4.78 is 0. The molecule has 2 aliphatic heterocycles. The summed E-state index contributed by atoms with van der Waals surface area (Å²) in [5.74, 6) is 0. The van der Waals surface area contributed by atoms with E-state index in [9.17, 15) is 0 Å². The molecule has 4 aliphatic rings. The third-order valence-corrected chi connectivity index (χ3v) is 6.11. The molecular weight excluding hydrogens is 311 g/mol. The second kappa shape index (κ2) is 6.80. The quantitative estimate of drug-likeness (QED) is 0.395. The van der Waals surface area contributed by atoms with Crippen LogP contribution in [0.1, 0.15) is 46.0 Å². The van der Waals surface area contributed by atoms with Gasteiger partial charge in [0.05, 0.1) is 0 Å². The largest absolute Gasteiger partial charge is 0.238 e. The average molecular weight is 338 g/mol. The van der Waals surface area contributed by atoms with Gasteiger partial charge in [0.2, 0.25) is 6.71 Å². The molecule has 2 heterocycles. The zero-order valence-corrected chi connectivity index (χ0v) is 16.1. The Balaban J connectivity index is 1.96. The van der Waals surface area contributed by atoms with E-state index < -0.39 is 0 Å². The molecule has 0 N–H and O–H groups in total. The van der Waals surface area contributed by atoms with E-state index in [1.54, 1.807) is 16.5 Å². The van der Waals surface area contributed by atoms with Gasteiger partial charge in [-0.2, -0.15) is 0 Å². The van der Waals surface area contributed by atoms with Gasteiger partial charge in [-0.25, -0.2) is 0 Å². The maximum absolute atomic E-state index is 4.31. The van der Waals surface area contributed by atoms with Crippen molar-refractivity contribution in [1.82, 2.24) is 0 Å². The molecule has 0 saturated heterocycles. The van der Waals surface area contributed by atoms with Crippen LogP contribution in [0, 0.1) is 0 Å². The van der Waals surface area contributed by atoms with Gasteiger partial charge in [0.25, 0.3) is 0 Å². The zero-order valence-electron chi connectivity index (χ0n) is 16.1. The summed E-state index contributed by atoms with van der Waals surface area (Å²) >= 11 is 0. The second-order valence-electron chi connectivity index (χ2n) is 7.83. The number of rotatable bonds is 3. The SMILES string of the molecule is C=C/C=C\C1=C2C=C(C)C3=C(B2C2=C(C=CCC2)C1)C(C(=C)C)=CCC3. The van der Waals surface area contributed by atoms with Gasteiger partial charge in [-0.1, -0.05) is 83.3 Å². The standard InChI is InChI=1S/C25H27B/c1-5-6-10-20-16-19-11-7-8-14-23(19)26-24(20)15-18(4)22-13-9-12-21(17(2)3)25(22)26/h5-7,10-12,15H,1-2,8-9,13-14,16H2,3-4H3/b10-6-. The predicted octanol–water partition coefficient (Wildman–Crippen LogP) is 6.74. The highest BCUT2D eigenvalue weighted by molar-refractivity contribution is 6.83. The van der Waals surface area contributed by atoms with Crippen molar-refractivity contribution >= 4 is 6.71 Å². The molecule has 0 bridgehead atoms. The second-order valence-corrected chi connectivity index (χ2v) is 7.83. The highest BCUT2D eigenvalue weighted by Crippen LogP contribution is 2.47. The van der Waals surface area contributed by atoms with E-state index in [1.165, 1.54) is 39.8 Å². The van der Waals surface area contributed by atoms with Crippen LogP contribution in [-0.4, -0.2) is 6.71 Å². The van der Waals surface area contributed by atoms with E-state index in [0.717, 1.165) is 25.7 Å². The van der Waals surface area contributed by atoms with Crippen molar-refractivity contribution in [2.24, 2.45) is 0 Å². The summed E-state index contributed by atoms with van der Waals surface area (Å²) in [5.41, 5.74) is 13.3. The van der Waals surface area contributed by atoms with Gasteiger partial charge >= 0.3 is 0 Å². The summed E-state index contributed by atoms with van der Waals surface area (Å²) in [7, 11) is 0. The predicted molar refractivity (Wildman–Crippen MR) is 115 cm³/mol. The Bertz CT molecular complexity index is 906. The summed E-state index contributed by atoms with van der Waals surface area (Å²) in [6, 6.07) is 0. The lowest BCUT2D eigenvalue weighted by Gasteiger charge is -2.38. The van der Waals surface area contributed by atoms with Crippen LogP contribution < -0.4 is 0 Å². The van der Waals surface area contributed by atoms with Crippen molar-refractivity contribution in [2.75, 3.05) is 0 Å². The molecule has 2 aliphatic carbocycles. The first-order valence-corrected chi connectivity index (χ1v) is 9.80. The summed E-state index contributed by atoms with van der Waals surface area (Å²) in [6.07, 6.45) is 21.5. The fraction of sp³-hybridized carbons (Fsp3) is 0.280. The van der Waals surface area contributed by atoms with E-state index in [0.29, 0.717) is 6.71 Å². The van der Waals surface area contributed by atoms with E-state index in [4.69, 9.17) is 0 Å². The first kappa shape index (κ1) is 17.2. The van der Waals surface area contributed by atoms with Crippen LogP contribution in [0.5, 0.6) is 0 Å². The molecule has 0 amide bonds. The smallest absolute Gasteiger partial charge is 0.0991 e. The van der Waals surface area contributed by atoms with Crippen molar-refractivity contribution in [1.29, 1.82) is 0 Å². The van der Waals surface area contributed by atoms with Crippen molar-refractivity contribution in [3.05, 3.63) is 106 Å². The first-order chi connectivity index (χ1) is 12.6.